The minimum Gasteiger partial charge on any atom is -0.384 e. The van der Waals surface area contributed by atoms with Gasteiger partial charge >= 0.3 is 0 Å². The molecule has 2 rings (SSSR count). The van der Waals surface area contributed by atoms with E-state index in [2.05, 4.69) is 18.9 Å². The number of aromatic nitrogens is 2. The van der Waals surface area contributed by atoms with Crippen molar-refractivity contribution in [2.45, 2.75) is 64.2 Å². The lowest BCUT2D eigenvalue weighted by Crippen LogP contribution is -2.42. The minimum absolute atomic E-state index is 0.433. The summed E-state index contributed by atoms with van der Waals surface area (Å²) in [5.74, 6) is 0.732. The largest absolute Gasteiger partial charge is 0.384 e. The molecule has 1 aliphatic carbocycles. The Labute approximate surface area is 115 Å². The van der Waals surface area contributed by atoms with Crippen molar-refractivity contribution in [3.63, 3.8) is 0 Å². The van der Waals surface area contributed by atoms with Crippen LogP contribution in [-0.4, -0.2) is 27.6 Å². The predicted molar refractivity (Wildman–Crippen MR) is 74.8 cm³/mol. The molecule has 0 saturated heterocycles. The zero-order chi connectivity index (χ0) is 13.9. The van der Waals surface area contributed by atoms with Gasteiger partial charge < -0.3 is 9.84 Å². The number of ether oxygens (including phenoxy) is 1. The normalized spacial score (nSPS) is 29.4. The van der Waals surface area contributed by atoms with Gasteiger partial charge in [0.1, 0.15) is 6.10 Å². The first-order chi connectivity index (χ1) is 9.13. The topological polar surface area (TPSA) is 47.3 Å². The van der Waals surface area contributed by atoms with Crippen molar-refractivity contribution < 1.29 is 9.84 Å². The summed E-state index contributed by atoms with van der Waals surface area (Å²) < 4.78 is 7.66. The molecule has 4 nitrogen and oxygen atoms in total. The van der Waals surface area contributed by atoms with Crippen LogP contribution in [-0.2, 0) is 11.3 Å². The van der Waals surface area contributed by atoms with E-state index in [-0.39, 0.29) is 0 Å². The van der Waals surface area contributed by atoms with Gasteiger partial charge in [0.15, 0.2) is 0 Å². The third kappa shape index (κ3) is 2.84. The van der Waals surface area contributed by atoms with E-state index >= 15 is 0 Å². The Morgan fingerprint density at radius 1 is 1.53 bits per heavy atom. The highest BCUT2D eigenvalue weighted by molar-refractivity contribution is 5.11. The van der Waals surface area contributed by atoms with Gasteiger partial charge in [-0.25, -0.2) is 0 Å². The predicted octanol–water partition coefficient (Wildman–Crippen LogP) is 2.92. The molecule has 4 heteroatoms. The first kappa shape index (κ1) is 14.5. The number of rotatable bonds is 5. The molecule has 1 atom stereocenters. The van der Waals surface area contributed by atoms with E-state index in [0.717, 1.165) is 50.3 Å². The molecule has 19 heavy (non-hydrogen) atoms. The Morgan fingerprint density at radius 3 is 2.79 bits per heavy atom. The van der Waals surface area contributed by atoms with Gasteiger partial charge in [-0.3, -0.25) is 4.68 Å². The Morgan fingerprint density at radius 2 is 2.21 bits per heavy atom. The summed E-state index contributed by atoms with van der Waals surface area (Å²) in [5, 5.41) is 15.1. The lowest BCUT2D eigenvalue weighted by Gasteiger charge is -2.41. The Kier molecular flexibility index (Phi) is 4.63. The highest BCUT2D eigenvalue weighted by atomic mass is 16.5. The van der Waals surface area contributed by atoms with Crippen molar-refractivity contribution in [1.82, 2.24) is 9.78 Å². The van der Waals surface area contributed by atoms with Crippen molar-refractivity contribution in [3.8, 4) is 0 Å². The van der Waals surface area contributed by atoms with Crippen molar-refractivity contribution in [3.05, 3.63) is 18.0 Å². The molecule has 1 aromatic heterocycles. The van der Waals surface area contributed by atoms with Crippen LogP contribution in [0.4, 0.5) is 0 Å². The van der Waals surface area contributed by atoms with E-state index in [1.165, 1.54) is 0 Å². The monoisotopic (exact) mass is 266 g/mol. The second kappa shape index (κ2) is 6.06. The Hall–Kier alpha value is -0.870. The highest BCUT2D eigenvalue weighted by Crippen LogP contribution is 2.42. The number of aliphatic hydroxyl groups is 1. The number of hydrogen-bond donors (Lipinski definition) is 1. The van der Waals surface area contributed by atoms with Crippen LogP contribution >= 0.6 is 0 Å². The molecule has 108 valence electrons. The first-order valence-electron chi connectivity index (χ1n) is 7.38. The zero-order valence-corrected chi connectivity index (χ0v) is 12.3. The molecule has 1 saturated carbocycles. The molecule has 1 unspecified atom stereocenters. The second-order valence-electron chi connectivity index (χ2n) is 5.83. The van der Waals surface area contributed by atoms with Gasteiger partial charge in [0, 0.05) is 19.9 Å². The third-order valence-electron chi connectivity index (χ3n) is 4.49. The van der Waals surface area contributed by atoms with Gasteiger partial charge in [-0.05, 0) is 44.1 Å². The highest BCUT2D eigenvalue weighted by Gasteiger charge is 2.42. The second-order valence-corrected chi connectivity index (χ2v) is 5.83. The SMILES string of the molecule is CCCn1nccc1C(O)C1(OC)CCC(C)CC1. The molecule has 1 aliphatic rings. The molecular formula is C15H26N2O2. The Balaban J connectivity index is 2.20. The molecule has 1 fully saturated rings. The van der Waals surface area contributed by atoms with Crippen molar-refractivity contribution >= 4 is 0 Å². The summed E-state index contributed by atoms with van der Waals surface area (Å²) in [6.07, 6.45) is 6.27. The Bertz CT molecular complexity index is 395. The van der Waals surface area contributed by atoms with Crippen LogP contribution in [0.15, 0.2) is 12.3 Å². The summed E-state index contributed by atoms with van der Waals surface area (Å²) in [5.41, 5.74) is 0.455. The van der Waals surface area contributed by atoms with Crippen LogP contribution in [0, 0.1) is 5.92 Å². The first-order valence-corrected chi connectivity index (χ1v) is 7.38. The lowest BCUT2D eigenvalue weighted by molar-refractivity contribution is -0.133. The van der Waals surface area contributed by atoms with E-state index < -0.39 is 11.7 Å². The fraction of sp³-hybridized carbons (Fsp3) is 0.800. The smallest absolute Gasteiger partial charge is 0.124 e. The third-order valence-corrected chi connectivity index (χ3v) is 4.49. The fourth-order valence-electron chi connectivity index (χ4n) is 3.08. The van der Waals surface area contributed by atoms with E-state index in [1.54, 1.807) is 13.3 Å². The summed E-state index contributed by atoms with van der Waals surface area (Å²) in [7, 11) is 1.72. The van der Waals surface area contributed by atoms with Crippen molar-refractivity contribution in [2.24, 2.45) is 5.92 Å². The molecule has 0 amide bonds. The number of aryl methyl sites for hydroxylation is 1. The van der Waals surface area contributed by atoms with Crippen LogP contribution in [0.25, 0.3) is 0 Å². The molecule has 0 aromatic carbocycles. The van der Waals surface area contributed by atoms with Crippen LogP contribution < -0.4 is 0 Å². The number of hydrogen-bond acceptors (Lipinski definition) is 3. The summed E-state index contributed by atoms with van der Waals surface area (Å²) in [6, 6.07) is 1.92. The van der Waals surface area contributed by atoms with Gasteiger partial charge in [0.2, 0.25) is 0 Å². The summed E-state index contributed by atoms with van der Waals surface area (Å²) in [6.45, 7) is 5.23. The molecule has 1 N–H and O–H groups in total. The summed E-state index contributed by atoms with van der Waals surface area (Å²) >= 11 is 0. The van der Waals surface area contributed by atoms with Crippen molar-refractivity contribution in [2.75, 3.05) is 7.11 Å². The van der Waals surface area contributed by atoms with E-state index in [4.69, 9.17) is 4.74 Å². The maximum absolute atomic E-state index is 10.8. The molecule has 0 spiro atoms. The van der Waals surface area contributed by atoms with Gasteiger partial charge in [-0.15, -0.1) is 0 Å². The van der Waals surface area contributed by atoms with Crippen LogP contribution in [0.2, 0.25) is 0 Å². The molecule has 0 bridgehead atoms. The van der Waals surface area contributed by atoms with Crippen LogP contribution in [0.5, 0.6) is 0 Å². The molecule has 1 heterocycles. The van der Waals surface area contributed by atoms with E-state index in [9.17, 15) is 5.11 Å². The summed E-state index contributed by atoms with van der Waals surface area (Å²) in [4.78, 5) is 0. The number of aliphatic hydroxyl groups excluding tert-OH is 1. The van der Waals surface area contributed by atoms with E-state index in [1.807, 2.05) is 10.7 Å². The zero-order valence-electron chi connectivity index (χ0n) is 12.3. The van der Waals surface area contributed by atoms with Crippen LogP contribution in [0.1, 0.15) is 57.7 Å². The number of methoxy groups -OCH3 is 1. The standard InChI is InChI=1S/C15H26N2O2/c1-4-11-17-13(7-10-16-17)14(18)15(19-3)8-5-12(2)6-9-15/h7,10,12,14,18H,4-6,8-9,11H2,1-3H3. The fourth-order valence-corrected chi connectivity index (χ4v) is 3.08. The minimum atomic E-state index is -0.584. The van der Waals surface area contributed by atoms with Gasteiger partial charge in [0.25, 0.3) is 0 Å². The quantitative estimate of drug-likeness (QED) is 0.891. The van der Waals surface area contributed by atoms with Crippen molar-refractivity contribution in [1.29, 1.82) is 0 Å². The lowest BCUT2D eigenvalue weighted by atomic mass is 9.75. The van der Waals surface area contributed by atoms with E-state index in [0.29, 0.717) is 0 Å². The average molecular weight is 266 g/mol. The molecule has 0 aliphatic heterocycles. The maximum atomic E-state index is 10.8. The van der Waals surface area contributed by atoms with Gasteiger partial charge in [0.05, 0.1) is 11.3 Å². The maximum Gasteiger partial charge on any atom is 0.124 e. The molecule has 0 radical (unpaired) electrons. The molecule has 1 aromatic rings. The van der Waals surface area contributed by atoms with Gasteiger partial charge in [-0.1, -0.05) is 13.8 Å². The number of nitrogens with zero attached hydrogens (tertiary/aromatic N) is 2. The van der Waals surface area contributed by atoms with Gasteiger partial charge in [-0.2, -0.15) is 5.10 Å². The van der Waals surface area contributed by atoms with Crippen LogP contribution in [0.3, 0.4) is 0 Å². The molecular weight excluding hydrogens is 240 g/mol. The average Bonchev–Trinajstić information content (AvgIpc) is 2.88.